The van der Waals surface area contributed by atoms with E-state index in [2.05, 4.69) is 10.3 Å². The Morgan fingerprint density at radius 2 is 1.81 bits per heavy atom. The molecule has 0 aromatic heterocycles. The van der Waals surface area contributed by atoms with E-state index in [-0.39, 0.29) is 24.4 Å². The van der Waals surface area contributed by atoms with Crippen LogP contribution in [0.5, 0.6) is 0 Å². The summed E-state index contributed by atoms with van der Waals surface area (Å²) < 4.78 is 0. The number of benzene rings is 1. The lowest BCUT2D eigenvalue weighted by molar-refractivity contribution is -0.141. The molecular weight excluding hydrogens is 457 g/mol. The molecule has 3 fully saturated rings. The molecule has 1 saturated carbocycles. The van der Waals surface area contributed by atoms with E-state index in [0.717, 1.165) is 31.2 Å². The smallest absolute Gasteiger partial charge is 0.328 e. The van der Waals surface area contributed by atoms with E-state index in [1.54, 1.807) is 44.2 Å². The van der Waals surface area contributed by atoms with Gasteiger partial charge in [0.2, 0.25) is 0 Å². The minimum Gasteiger partial charge on any atom is -0.481 e. The Hall–Kier alpha value is -2.52. The van der Waals surface area contributed by atoms with Crippen molar-refractivity contribution in [2.75, 3.05) is 21.1 Å². The van der Waals surface area contributed by atoms with Crippen molar-refractivity contribution in [2.45, 2.75) is 44.4 Å². The van der Waals surface area contributed by atoms with Gasteiger partial charge in [0.1, 0.15) is 6.17 Å². The van der Waals surface area contributed by atoms with Crippen LogP contribution in [0.1, 0.15) is 31.2 Å². The summed E-state index contributed by atoms with van der Waals surface area (Å²) in [6.45, 7) is 0.133. The van der Waals surface area contributed by atoms with Gasteiger partial charge in [0.25, 0.3) is 5.91 Å². The summed E-state index contributed by atoms with van der Waals surface area (Å²) in [6.07, 6.45) is 3.58. The van der Waals surface area contributed by atoms with Gasteiger partial charge in [0.05, 0.1) is 22.5 Å². The van der Waals surface area contributed by atoms with Gasteiger partial charge in [-0.1, -0.05) is 42.1 Å². The van der Waals surface area contributed by atoms with Gasteiger partial charge < -0.3 is 20.2 Å². The van der Waals surface area contributed by atoms with Crippen molar-refractivity contribution in [1.29, 1.82) is 0 Å². The summed E-state index contributed by atoms with van der Waals surface area (Å²) in [6, 6.07) is 4.16. The number of guanidine groups is 1. The van der Waals surface area contributed by atoms with Crippen LogP contribution >= 0.6 is 23.2 Å². The molecule has 3 aliphatic rings. The number of carbonyl (C=O) groups is 3. The van der Waals surface area contributed by atoms with Gasteiger partial charge in [-0.3, -0.25) is 19.5 Å². The molecule has 2 heterocycles. The van der Waals surface area contributed by atoms with Crippen molar-refractivity contribution in [1.82, 2.24) is 20.0 Å². The fourth-order valence-corrected chi connectivity index (χ4v) is 4.51. The molecule has 2 unspecified atom stereocenters. The number of carboxylic acid groups (broad SMARTS) is 1. The second-order valence-electron chi connectivity index (χ2n) is 8.08. The topological polar surface area (TPSA) is 106 Å². The highest BCUT2D eigenvalue weighted by molar-refractivity contribution is 6.42. The monoisotopic (exact) mass is 483 g/mol. The van der Waals surface area contributed by atoms with Gasteiger partial charge in [0.15, 0.2) is 12.0 Å². The molecule has 1 aliphatic carbocycles. The fraction of sp³-hybridized carbons (Fsp3) is 0.524. The average molecular weight is 484 g/mol. The molecule has 9 nitrogen and oxygen atoms in total. The maximum Gasteiger partial charge on any atom is 0.328 e. The first-order valence-corrected chi connectivity index (χ1v) is 11.1. The zero-order valence-electron chi connectivity index (χ0n) is 18.2. The molecule has 0 bridgehead atoms. The van der Waals surface area contributed by atoms with Crippen molar-refractivity contribution >= 4 is 47.1 Å². The van der Waals surface area contributed by atoms with Crippen LogP contribution < -0.4 is 5.32 Å². The van der Waals surface area contributed by atoms with Crippen molar-refractivity contribution in [2.24, 2.45) is 10.9 Å². The number of likely N-dealkylation sites (N-methyl/N-ethyl adjacent to an activating group) is 2. The quantitative estimate of drug-likeness (QED) is 0.684. The fourth-order valence-electron chi connectivity index (χ4n) is 4.19. The van der Waals surface area contributed by atoms with Gasteiger partial charge in [-0.05, 0) is 30.5 Å². The summed E-state index contributed by atoms with van der Waals surface area (Å²) in [5.74, 6) is -0.324. The Balaban J connectivity index is 0.000000305. The van der Waals surface area contributed by atoms with Crippen molar-refractivity contribution < 1.29 is 19.5 Å². The maximum absolute atomic E-state index is 12.9. The van der Waals surface area contributed by atoms with E-state index in [0.29, 0.717) is 16.0 Å². The molecule has 1 aromatic carbocycles. The Labute approximate surface area is 197 Å². The molecule has 4 rings (SSSR count). The van der Waals surface area contributed by atoms with E-state index < -0.39 is 18.2 Å². The number of imide groups is 1. The number of aliphatic imine (C=N–C) groups is 1. The molecular formula is C21H27Cl2N5O4. The number of nitrogens with one attached hydrogen (secondary N) is 1. The first-order valence-electron chi connectivity index (χ1n) is 10.4. The molecule has 0 radical (unpaired) electrons. The molecule has 0 spiro atoms. The second kappa shape index (κ2) is 9.95. The highest BCUT2D eigenvalue weighted by Gasteiger charge is 2.51. The van der Waals surface area contributed by atoms with Gasteiger partial charge in [0, 0.05) is 21.1 Å². The van der Waals surface area contributed by atoms with E-state index in [1.165, 1.54) is 9.80 Å². The first-order chi connectivity index (χ1) is 15.1. The molecule has 2 aliphatic heterocycles. The second-order valence-corrected chi connectivity index (χ2v) is 8.89. The number of hydrogen-bond donors (Lipinski definition) is 2. The lowest BCUT2D eigenvalue weighted by atomic mass is 10.1. The largest absolute Gasteiger partial charge is 0.481 e. The summed E-state index contributed by atoms with van der Waals surface area (Å²) in [7, 11) is 5.07. The van der Waals surface area contributed by atoms with Crippen LogP contribution in [-0.4, -0.2) is 77.0 Å². The van der Waals surface area contributed by atoms with Crippen LogP contribution in [-0.2, 0) is 16.1 Å². The lowest BCUT2D eigenvalue weighted by Gasteiger charge is -2.40. The summed E-state index contributed by atoms with van der Waals surface area (Å²) >= 11 is 11.9. The minimum atomic E-state index is -0.609. The number of aliphatic carboxylic acids is 1. The summed E-state index contributed by atoms with van der Waals surface area (Å²) in [5.41, 5.74) is 0.732. The summed E-state index contributed by atoms with van der Waals surface area (Å²) in [5, 5.41) is 12.3. The lowest BCUT2D eigenvalue weighted by Crippen LogP contribution is -2.65. The maximum atomic E-state index is 12.9. The highest BCUT2D eigenvalue weighted by Crippen LogP contribution is 2.27. The Kier molecular flexibility index (Phi) is 7.51. The van der Waals surface area contributed by atoms with E-state index in [1.807, 2.05) is 0 Å². The SMILES string of the molecule is CN=C1NC2C(C(=O)N(Cc3ccc(Cl)c(Cl)c3)C(=O)N2C)N1C.O=C(O)C1CCCC1. The van der Waals surface area contributed by atoms with Crippen LogP contribution in [0.4, 0.5) is 4.79 Å². The molecule has 2 N–H and O–H groups in total. The average Bonchev–Trinajstić information content (AvgIpc) is 3.41. The van der Waals surface area contributed by atoms with Crippen molar-refractivity contribution in [3.63, 3.8) is 0 Å². The zero-order chi connectivity index (χ0) is 23.6. The third-order valence-corrected chi connectivity index (χ3v) is 6.78. The normalized spacial score (nSPS) is 24.4. The molecule has 174 valence electrons. The Morgan fingerprint density at radius 1 is 1.16 bits per heavy atom. The van der Waals surface area contributed by atoms with Crippen LogP contribution in [0, 0.1) is 5.92 Å². The standard InChI is InChI=1S/C15H17Cl2N5O2.C6H10O2/c1-18-14-19-12-11(20(14)2)13(23)22(15(24)21(12)3)7-8-4-5-9(16)10(17)6-8;7-6(8)5-3-1-2-4-5/h4-6,11-12H,7H2,1-3H3,(H,18,19);5H,1-4H2,(H,7,8). The number of carbonyl (C=O) groups excluding carboxylic acids is 2. The van der Waals surface area contributed by atoms with Gasteiger partial charge >= 0.3 is 12.0 Å². The third-order valence-electron chi connectivity index (χ3n) is 6.04. The van der Waals surface area contributed by atoms with E-state index >= 15 is 0 Å². The van der Waals surface area contributed by atoms with E-state index in [4.69, 9.17) is 28.3 Å². The third kappa shape index (κ3) is 4.78. The van der Waals surface area contributed by atoms with Gasteiger partial charge in [-0.2, -0.15) is 0 Å². The number of fused-ring (bicyclic) bond motifs is 1. The number of carboxylic acids is 1. The first kappa shape index (κ1) is 24.1. The number of rotatable bonds is 3. The predicted molar refractivity (Wildman–Crippen MR) is 122 cm³/mol. The molecule has 2 saturated heterocycles. The molecule has 3 amide bonds. The van der Waals surface area contributed by atoms with Gasteiger partial charge in [-0.15, -0.1) is 0 Å². The van der Waals surface area contributed by atoms with Crippen molar-refractivity contribution in [3.05, 3.63) is 33.8 Å². The van der Waals surface area contributed by atoms with Gasteiger partial charge in [-0.25, -0.2) is 4.79 Å². The van der Waals surface area contributed by atoms with Crippen LogP contribution in [0.2, 0.25) is 10.0 Å². The number of halogens is 2. The predicted octanol–water partition coefficient (Wildman–Crippen LogP) is 2.86. The number of nitrogens with zero attached hydrogens (tertiary/aromatic N) is 4. The zero-order valence-corrected chi connectivity index (χ0v) is 19.7. The molecule has 11 heteroatoms. The number of urea groups is 1. The number of hydrogen-bond acceptors (Lipinski definition) is 4. The van der Waals surface area contributed by atoms with Crippen LogP contribution in [0.15, 0.2) is 23.2 Å². The molecule has 2 atom stereocenters. The van der Waals surface area contributed by atoms with Crippen LogP contribution in [0.25, 0.3) is 0 Å². The highest BCUT2D eigenvalue weighted by atomic mass is 35.5. The summed E-state index contributed by atoms with van der Waals surface area (Å²) in [4.78, 5) is 44.3. The van der Waals surface area contributed by atoms with Crippen molar-refractivity contribution in [3.8, 4) is 0 Å². The number of amides is 3. The Morgan fingerprint density at radius 3 is 2.34 bits per heavy atom. The Bertz CT molecular complexity index is 935. The molecule has 32 heavy (non-hydrogen) atoms. The van der Waals surface area contributed by atoms with E-state index in [9.17, 15) is 14.4 Å². The minimum absolute atomic E-state index is 0.0185. The molecule has 1 aromatic rings. The van der Waals surface area contributed by atoms with Crippen LogP contribution in [0.3, 0.4) is 0 Å².